The summed E-state index contributed by atoms with van der Waals surface area (Å²) in [5, 5.41) is 3.42. The molecule has 0 radical (unpaired) electrons. The molecule has 0 amide bonds. The Morgan fingerprint density at radius 2 is 2.32 bits per heavy atom. The Morgan fingerprint density at radius 1 is 1.42 bits per heavy atom. The molecule has 104 valence electrons. The SMILES string of the molecule is CCNC(CC1CC2CCC1C2)c1ncccc1F. The fourth-order valence-electron chi connectivity index (χ4n) is 4.16. The Morgan fingerprint density at radius 3 is 2.95 bits per heavy atom. The van der Waals surface area contributed by atoms with Crippen LogP contribution in [0.1, 0.15) is 50.8 Å². The Bertz CT molecular complexity index is 435. The van der Waals surface area contributed by atoms with E-state index in [1.807, 2.05) is 0 Å². The molecule has 0 spiro atoms. The van der Waals surface area contributed by atoms with Crippen molar-refractivity contribution in [2.75, 3.05) is 6.54 Å². The van der Waals surface area contributed by atoms with E-state index in [9.17, 15) is 4.39 Å². The van der Waals surface area contributed by atoms with E-state index in [1.54, 1.807) is 12.3 Å². The number of nitrogens with one attached hydrogen (secondary N) is 1. The Hall–Kier alpha value is -0.960. The summed E-state index contributed by atoms with van der Waals surface area (Å²) in [5.41, 5.74) is 0.604. The van der Waals surface area contributed by atoms with Crippen molar-refractivity contribution in [1.29, 1.82) is 0 Å². The van der Waals surface area contributed by atoms with Crippen LogP contribution in [0, 0.1) is 23.6 Å². The lowest BCUT2D eigenvalue weighted by Crippen LogP contribution is -2.27. The number of aromatic nitrogens is 1. The van der Waals surface area contributed by atoms with Crippen LogP contribution in [0.5, 0.6) is 0 Å². The number of pyridine rings is 1. The molecule has 1 aromatic heterocycles. The largest absolute Gasteiger partial charge is 0.309 e. The Labute approximate surface area is 114 Å². The first-order chi connectivity index (χ1) is 9.28. The van der Waals surface area contributed by atoms with Crippen LogP contribution in [0.3, 0.4) is 0 Å². The number of rotatable bonds is 5. The first kappa shape index (κ1) is 13.0. The molecule has 2 bridgehead atoms. The lowest BCUT2D eigenvalue weighted by molar-refractivity contribution is 0.275. The summed E-state index contributed by atoms with van der Waals surface area (Å²) in [6, 6.07) is 3.27. The number of fused-ring (bicyclic) bond motifs is 2. The van der Waals surface area contributed by atoms with Gasteiger partial charge >= 0.3 is 0 Å². The quantitative estimate of drug-likeness (QED) is 0.875. The van der Waals surface area contributed by atoms with E-state index >= 15 is 0 Å². The summed E-state index contributed by atoms with van der Waals surface area (Å²) in [6.45, 7) is 2.94. The maximum absolute atomic E-state index is 13.9. The zero-order chi connectivity index (χ0) is 13.2. The number of halogens is 1. The van der Waals surface area contributed by atoms with Crippen molar-refractivity contribution >= 4 is 0 Å². The molecule has 3 heteroatoms. The number of hydrogen-bond acceptors (Lipinski definition) is 2. The summed E-state index contributed by atoms with van der Waals surface area (Å²) in [7, 11) is 0. The van der Waals surface area contributed by atoms with Gasteiger partial charge in [-0.05, 0) is 62.1 Å². The molecule has 1 N–H and O–H groups in total. The third-order valence-corrected chi connectivity index (χ3v) is 4.99. The highest BCUT2D eigenvalue weighted by atomic mass is 19.1. The van der Waals surface area contributed by atoms with Gasteiger partial charge in [0.2, 0.25) is 0 Å². The van der Waals surface area contributed by atoms with E-state index < -0.39 is 0 Å². The number of hydrogen-bond donors (Lipinski definition) is 1. The van der Waals surface area contributed by atoms with Crippen LogP contribution in [-0.4, -0.2) is 11.5 Å². The van der Waals surface area contributed by atoms with Crippen LogP contribution in [-0.2, 0) is 0 Å². The highest BCUT2D eigenvalue weighted by Crippen LogP contribution is 2.50. The monoisotopic (exact) mass is 262 g/mol. The molecule has 0 aliphatic heterocycles. The first-order valence-electron chi connectivity index (χ1n) is 7.61. The summed E-state index contributed by atoms with van der Waals surface area (Å²) in [5.74, 6) is 2.43. The normalized spacial score (nSPS) is 30.7. The van der Waals surface area contributed by atoms with Crippen LogP contribution >= 0.6 is 0 Å². The van der Waals surface area contributed by atoms with E-state index in [0.717, 1.165) is 30.7 Å². The van der Waals surface area contributed by atoms with Crippen LogP contribution in [0.25, 0.3) is 0 Å². The average Bonchev–Trinajstić information content (AvgIpc) is 3.01. The van der Waals surface area contributed by atoms with E-state index in [2.05, 4.69) is 17.2 Å². The Balaban J connectivity index is 1.73. The summed E-state index contributed by atoms with van der Waals surface area (Å²) >= 11 is 0. The molecule has 1 heterocycles. The highest BCUT2D eigenvalue weighted by molar-refractivity contribution is 5.12. The fraction of sp³-hybridized carbons (Fsp3) is 0.688. The van der Waals surface area contributed by atoms with Gasteiger partial charge in [0.1, 0.15) is 5.82 Å². The van der Waals surface area contributed by atoms with Gasteiger partial charge in [-0.15, -0.1) is 0 Å². The van der Waals surface area contributed by atoms with Gasteiger partial charge < -0.3 is 5.32 Å². The second-order valence-corrected chi connectivity index (χ2v) is 6.15. The molecular formula is C16H23FN2. The molecule has 2 saturated carbocycles. The first-order valence-corrected chi connectivity index (χ1v) is 7.61. The van der Waals surface area contributed by atoms with Crippen LogP contribution in [0.15, 0.2) is 18.3 Å². The predicted molar refractivity (Wildman–Crippen MR) is 74.2 cm³/mol. The van der Waals surface area contributed by atoms with Crippen LogP contribution in [0.2, 0.25) is 0 Å². The molecule has 1 aromatic rings. The van der Waals surface area contributed by atoms with Gasteiger partial charge in [0.05, 0.1) is 11.7 Å². The topological polar surface area (TPSA) is 24.9 Å². The van der Waals surface area contributed by atoms with E-state index in [-0.39, 0.29) is 11.9 Å². The average molecular weight is 262 g/mol. The molecule has 2 nitrogen and oxygen atoms in total. The van der Waals surface area contributed by atoms with Crippen LogP contribution < -0.4 is 5.32 Å². The van der Waals surface area contributed by atoms with Crippen LogP contribution in [0.4, 0.5) is 4.39 Å². The summed E-state index contributed by atoms with van der Waals surface area (Å²) < 4.78 is 13.9. The molecule has 19 heavy (non-hydrogen) atoms. The van der Waals surface area contributed by atoms with E-state index in [1.165, 1.54) is 31.7 Å². The van der Waals surface area contributed by atoms with Crippen molar-refractivity contribution in [2.24, 2.45) is 17.8 Å². The highest BCUT2D eigenvalue weighted by Gasteiger charge is 2.40. The van der Waals surface area contributed by atoms with Crippen molar-refractivity contribution in [3.05, 3.63) is 29.8 Å². The van der Waals surface area contributed by atoms with Gasteiger partial charge in [-0.2, -0.15) is 0 Å². The molecule has 4 atom stereocenters. The smallest absolute Gasteiger partial charge is 0.146 e. The summed E-state index contributed by atoms with van der Waals surface area (Å²) in [6.07, 6.45) is 8.31. The van der Waals surface area contributed by atoms with Crippen molar-refractivity contribution in [2.45, 2.75) is 45.1 Å². The molecular weight excluding hydrogens is 239 g/mol. The van der Waals surface area contributed by atoms with Gasteiger partial charge in [0, 0.05) is 6.20 Å². The second-order valence-electron chi connectivity index (χ2n) is 6.15. The standard InChI is InChI=1S/C16H23FN2/c1-2-18-15(16-14(17)4-3-7-19-16)10-13-9-11-5-6-12(13)8-11/h3-4,7,11-13,15,18H,2,5-6,8-10H2,1H3. The minimum Gasteiger partial charge on any atom is -0.309 e. The van der Waals surface area contributed by atoms with Gasteiger partial charge in [-0.1, -0.05) is 13.3 Å². The molecule has 2 aliphatic carbocycles. The third-order valence-electron chi connectivity index (χ3n) is 4.99. The van der Waals surface area contributed by atoms with Gasteiger partial charge in [-0.25, -0.2) is 4.39 Å². The molecule has 0 saturated heterocycles. The molecule has 2 aliphatic rings. The zero-order valence-corrected chi connectivity index (χ0v) is 11.6. The second kappa shape index (κ2) is 5.58. The third kappa shape index (κ3) is 2.66. The molecule has 0 aromatic carbocycles. The maximum atomic E-state index is 13.9. The van der Waals surface area contributed by atoms with Gasteiger partial charge in [0.25, 0.3) is 0 Å². The van der Waals surface area contributed by atoms with Crippen molar-refractivity contribution < 1.29 is 4.39 Å². The molecule has 4 unspecified atom stereocenters. The lowest BCUT2D eigenvalue weighted by Gasteiger charge is -2.27. The van der Waals surface area contributed by atoms with Gasteiger partial charge in [-0.3, -0.25) is 4.98 Å². The summed E-state index contributed by atoms with van der Waals surface area (Å²) in [4.78, 5) is 4.26. The maximum Gasteiger partial charge on any atom is 0.146 e. The molecule has 2 fully saturated rings. The Kier molecular flexibility index (Phi) is 3.83. The fourth-order valence-corrected chi connectivity index (χ4v) is 4.16. The van der Waals surface area contributed by atoms with E-state index in [0.29, 0.717) is 5.69 Å². The predicted octanol–water partition coefficient (Wildman–Crippen LogP) is 3.70. The zero-order valence-electron chi connectivity index (χ0n) is 11.6. The minimum atomic E-state index is -0.170. The lowest BCUT2D eigenvalue weighted by atomic mass is 9.83. The van der Waals surface area contributed by atoms with Crippen molar-refractivity contribution in [1.82, 2.24) is 10.3 Å². The molecule has 3 rings (SSSR count). The van der Waals surface area contributed by atoms with Crippen molar-refractivity contribution in [3.8, 4) is 0 Å². The van der Waals surface area contributed by atoms with E-state index in [4.69, 9.17) is 0 Å². The van der Waals surface area contributed by atoms with Crippen molar-refractivity contribution in [3.63, 3.8) is 0 Å². The van der Waals surface area contributed by atoms with Gasteiger partial charge in [0.15, 0.2) is 0 Å². The minimum absolute atomic E-state index is 0.0792. The number of nitrogens with zero attached hydrogens (tertiary/aromatic N) is 1.